The summed E-state index contributed by atoms with van der Waals surface area (Å²) < 4.78 is 5.64. The average molecular weight is 382 g/mol. The monoisotopic (exact) mass is 382 g/mol. The minimum absolute atomic E-state index is 0.0229. The van der Waals surface area contributed by atoms with Gasteiger partial charge in [0.2, 0.25) is 11.1 Å². The topological polar surface area (TPSA) is 71.1 Å². The summed E-state index contributed by atoms with van der Waals surface area (Å²) in [4.78, 5) is 18.8. The molecule has 1 N–H and O–H groups in total. The summed E-state index contributed by atoms with van der Waals surface area (Å²) in [6, 6.07) is 17.3. The molecule has 0 fully saturated rings. The Kier molecular flexibility index (Phi) is 6.49. The first-order valence-corrected chi connectivity index (χ1v) is 9.84. The standard InChI is InChI=1S/C20H22N4O2S/c1-3-24(15-10-6-5-7-11-15)18(25)14-27-20-21-19(22-23-20)16-12-8-9-13-17(16)26-4-2/h5-13H,3-4,14H2,1-2H3,(H,21,22,23). The van der Waals surface area contributed by atoms with Gasteiger partial charge in [-0.1, -0.05) is 42.1 Å². The Morgan fingerprint density at radius 3 is 2.59 bits per heavy atom. The van der Waals surface area contributed by atoms with Crippen molar-refractivity contribution < 1.29 is 9.53 Å². The molecule has 1 amide bonds. The van der Waals surface area contributed by atoms with Crippen LogP contribution in [-0.4, -0.2) is 40.0 Å². The molecule has 1 aromatic heterocycles. The van der Waals surface area contributed by atoms with E-state index in [-0.39, 0.29) is 11.7 Å². The van der Waals surface area contributed by atoms with Crippen LogP contribution in [0.3, 0.4) is 0 Å². The second-order valence-electron chi connectivity index (χ2n) is 5.66. The average Bonchev–Trinajstić information content (AvgIpc) is 3.17. The summed E-state index contributed by atoms with van der Waals surface area (Å²) in [5.41, 5.74) is 1.75. The molecule has 3 aromatic rings. The number of aromatic amines is 1. The maximum absolute atomic E-state index is 12.6. The normalized spacial score (nSPS) is 10.6. The van der Waals surface area contributed by atoms with Gasteiger partial charge in [0, 0.05) is 12.2 Å². The number of carbonyl (C=O) groups excluding carboxylic acids is 1. The van der Waals surface area contributed by atoms with E-state index in [4.69, 9.17) is 4.74 Å². The van der Waals surface area contributed by atoms with Crippen molar-refractivity contribution >= 4 is 23.4 Å². The molecule has 0 spiro atoms. The predicted octanol–water partition coefficient (Wildman–Crippen LogP) is 4.02. The zero-order chi connectivity index (χ0) is 19.1. The quantitative estimate of drug-likeness (QED) is 0.596. The van der Waals surface area contributed by atoms with E-state index in [9.17, 15) is 4.79 Å². The minimum Gasteiger partial charge on any atom is -0.493 e. The molecule has 6 nitrogen and oxygen atoms in total. The summed E-state index contributed by atoms with van der Waals surface area (Å²) in [5.74, 6) is 1.68. The van der Waals surface area contributed by atoms with Gasteiger partial charge in [-0.2, -0.15) is 0 Å². The zero-order valence-corrected chi connectivity index (χ0v) is 16.2. The van der Waals surface area contributed by atoms with E-state index >= 15 is 0 Å². The summed E-state index contributed by atoms with van der Waals surface area (Å²) in [6.45, 7) is 5.10. The molecule has 0 unspecified atom stereocenters. The van der Waals surface area contributed by atoms with Crippen LogP contribution >= 0.6 is 11.8 Å². The Balaban J connectivity index is 1.67. The number of rotatable bonds is 8. The molecule has 0 aliphatic rings. The number of H-pyrrole nitrogens is 1. The van der Waals surface area contributed by atoms with Crippen molar-refractivity contribution in [3.8, 4) is 17.1 Å². The van der Waals surface area contributed by atoms with Gasteiger partial charge in [-0.05, 0) is 38.1 Å². The summed E-state index contributed by atoms with van der Waals surface area (Å²) in [7, 11) is 0. The fraction of sp³-hybridized carbons (Fsp3) is 0.250. The fourth-order valence-corrected chi connectivity index (χ4v) is 3.36. The molecular formula is C20H22N4O2S. The Morgan fingerprint density at radius 1 is 1.11 bits per heavy atom. The highest BCUT2D eigenvalue weighted by Crippen LogP contribution is 2.28. The Bertz CT molecular complexity index is 882. The SMILES string of the molecule is CCOc1ccccc1-c1nc(SCC(=O)N(CC)c2ccccc2)n[nH]1. The van der Waals surface area contributed by atoms with Gasteiger partial charge >= 0.3 is 0 Å². The van der Waals surface area contributed by atoms with Crippen LogP contribution < -0.4 is 9.64 Å². The molecule has 0 aliphatic carbocycles. The molecule has 7 heteroatoms. The molecule has 140 valence electrons. The highest BCUT2D eigenvalue weighted by atomic mass is 32.2. The van der Waals surface area contributed by atoms with E-state index in [2.05, 4.69) is 15.2 Å². The summed E-state index contributed by atoms with van der Waals surface area (Å²) >= 11 is 1.32. The smallest absolute Gasteiger partial charge is 0.237 e. The van der Waals surface area contributed by atoms with Crippen molar-refractivity contribution in [3.05, 3.63) is 54.6 Å². The summed E-state index contributed by atoms with van der Waals surface area (Å²) in [6.07, 6.45) is 0. The van der Waals surface area contributed by atoms with Gasteiger partial charge in [-0.3, -0.25) is 9.89 Å². The maximum atomic E-state index is 12.6. The van der Waals surface area contributed by atoms with Crippen LogP contribution in [0.15, 0.2) is 59.8 Å². The van der Waals surface area contributed by atoms with Gasteiger partial charge in [0.1, 0.15) is 5.75 Å². The van der Waals surface area contributed by atoms with Gasteiger partial charge in [-0.25, -0.2) is 4.98 Å². The number of para-hydroxylation sites is 2. The van der Waals surface area contributed by atoms with E-state index in [1.54, 1.807) is 4.90 Å². The first-order chi connectivity index (χ1) is 13.2. The van der Waals surface area contributed by atoms with Crippen LogP contribution in [0.25, 0.3) is 11.4 Å². The third kappa shape index (κ3) is 4.68. The molecule has 3 rings (SSSR count). The van der Waals surface area contributed by atoms with Gasteiger partial charge < -0.3 is 9.64 Å². The first-order valence-electron chi connectivity index (χ1n) is 8.85. The largest absolute Gasteiger partial charge is 0.493 e. The molecule has 0 saturated carbocycles. The predicted molar refractivity (Wildman–Crippen MR) is 108 cm³/mol. The number of carbonyl (C=O) groups is 1. The maximum Gasteiger partial charge on any atom is 0.237 e. The van der Waals surface area contributed by atoms with E-state index in [0.717, 1.165) is 17.0 Å². The summed E-state index contributed by atoms with van der Waals surface area (Å²) in [5, 5.41) is 7.69. The number of nitrogens with one attached hydrogen (secondary N) is 1. The van der Waals surface area contributed by atoms with Crippen molar-refractivity contribution in [1.29, 1.82) is 0 Å². The molecule has 2 aromatic carbocycles. The van der Waals surface area contributed by atoms with Gasteiger partial charge in [0.05, 0.1) is 17.9 Å². The molecule has 1 heterocycles. The van der Waals surface area contributed by atoms with Gasteiger partial charge in [0.15, 0.2) is 5.82 Å². The zero-order valence-electron chi connectivity index (χ0n) is 15.4. The third-order valence-electron chi connectivity index (χ3n) is 3.92. The number of thioether (sulfide) groups is 1. The molecule has 0 aliphatic heterocycles. The Labute approximate surface area is 163 Å². The van der Waals surface area contributed by atoms with Crippen molar-refractivity contribution in [1.82, 2.24) is 15.2 Å². The second kappa shape index (κ2) is 9.23. The lowest BCUT2D eigenvalue weighted by atomic mass is 10.2. The lowest BCUT2D eigenvalue weighted by Crippen LogP contribution is -2.32. The molecule has 0 radical (unpaired) electrons. The number of amides is 1. The van der Waals surface area contributed by atoms with Crippen LogP contribution in [0.5, 0.6) is 5.75 Å². The minimum atomic E-state index is 0.0229. The van der Waals surface area contributed by atoms with Crippen LogP contribution in [-0.2, 0) is 4.79 Å². The van der Waals surface area contributed by atoms with Crippen LogP contribution in [0.1, 0.15) is 13.8 Å². The Hall–Kier alpha value is -2.80. The highest BCUT2D eigenvalue weighted by molar-refractivity contribution is 7.99. The van der Waals surface area contributed by atoms with E-state index in [1.807, 2.05) is 68.4 Å². The highest BCUT2D eigenvalue weighted by Gasteiger charge is 2.16. The lowest BCUT2D eigenvalue weighted by Gasteiger charge is -2.20. The van der Waals surface area contributed by atoms with Crippen molar-refractivity contribution in [2.24, 2.45) is 0 Å². The van der Waals surface area contributed by atoms with E-state index in [1.165, 1.54) is 11.8 Å². The number of nitrogens with zero attached hydrogens (tertiary/aromatic N) is 3. The van der Waals surface area contributed by atoms with Crippen molar-refractivity contribution in [3.63, 3.8) is 0 Å². The number of ether oxygens (including phenoxy) is 1. The number of aromatic nitrogens is 3. The fourth-order valence-electron chi connectivity index (χ4n) is 2.69. The number of anilines is 1. The first kappa shape index (κ1) is 19.0. The van der Waals surface area contributed by atoms with E-state index < -0.39 is 0 Å². The molecular weight excluding hydrogens is 360 g/mol. The number of hydrogen-bond acceptors (Lipinski definition) is 5. The van der Waals surface area contributed by atoms with Crippen molar-refractivity contribution in [2.75, 3.05) is 23.8 Å². The van der Waals surface area contributed by atoms with Crippen LogP contribution in [0.2, 0.25) is 0 Å². The lowest BCUT2D eigenvalue weighted by molar-refractivity contribution is -0.116. The van der Waals surface area contributed by atoms with Crippen LogP contribution in [0, 0.1) is 0 Å². The molecule has 0 atom stereocenters. The second-order valence-corrected chi connectivity index (χ2v) is 6.60. The van der Waals surface area contributed by atoms with E-state index in [0.29, 0.717) is 24.1 Å². The number of benzene rings is 2. The molecule has 27 heavy (non-hydrogen) atoms. The molecule has 0 bridgehead atoms. The Morgan fingerprint density at radius 2 is 1.85 bits per heavy atom. The molecule has 0 saturated heterocycles. The third-order valence-corrected chi connectivity index (χ3v) is 4.75. The van der Waals surface area contributed by atoms with Crippen molar-refractivity contribution in [2.45, 2.75) is 19.0 Å². The van der Waals surface area contributed by atoms with Gasteiger partial charge in [-0.15, -0.1) is 5.10 Å². The van der Waals surface area contributed by atoms with Crippen LogP contribution in [0.4, 0.5) is 5.69 Å². The number of hydrogen-bond donors (Lipinski definition) is 1. The van der Waals surface area contributed by atoms with Gasteiger partial charge in [0.25, 0.3) is 0 Å².